The van der Waals surface area contributed by atoms with E-state index in [1.807, 2.05) is 6.92 Å². The molecule has 0 aliphatic rings. The number of carbonyl (C=O) groups excluding carboxylic acids is 1. The number of hydrogen-bond acceptors (Lipinski definition) is 4. The van der Waals surface area contributed by atoms with Crippen LogP contribution in [-0.4, -0.2) is 35.9 Å². The van der Waals surface area contributed by atoms with Gasteiger partial charge < -0.3 is 5.32 Å². The number of likely N-dealkylation sites (N-methyl/N-ethyl adjacent to an activating group) is 2. The van der Waals surface area contributed by atoms with Crippen molar-refractivity contribution in [2.45, 2.75) is 13.5 Å². The molecule has 0 atom stereocenters. The molecule has 0 aromatic heterocycles. The number of nitrogens with zero attached hydrogens (tertiary/aromatic N) is 2. The minimum atomic E-state index is -0.433. The van der Waals surface area contributed by atoms with Crippen molar-refractivity contribution in [3.63, 3.8) is 0 Å². The second-order valence-corrected chi connectivity index (χ2v) is 5.02. The number of nitro groups is 1. The van der Waals surface area contributed by atoms with Gasteiger partial charge in [-0.3, -0.25) is 19.8 Å². The standard InChI is InChI=1S/C12H16BrN3O3/c1-3-14-12(17)8-15(2)7-9-4-5-10(13)11(6-9)16(18)19/h4-6H,3,7-8H2,1-2H3,(H,14,17). The zero-order chi connectivity index (χ0) is 14.4. The fraction of sp³-hybridized carbons (Fsp3) is 0.417. The number of carbonyl (C=O) groups is 1. The molecule has 0 saturated carbocycles. The molecule has 0 saturated heterocycles. The van der Waals surface area contributed by atoms with Gasteiger partial charge in [-0.1, -0.05) is 6.07 Å². The van der Waals surface area contributed by atoms with Gasteiger partial charge in [0.1, 0.15) is 0 Å². The maximum atomic E-state index is 11.4. The Hall–Kier alpha value is -1.47. The molecule has 0 bridgehead atoms. The summed E-state index contributed by atoms with van der Waals surface area (Å²) in [4.78, 5) is 23.6. The van der Waals surface area contributed by atoms with Crippen LogP contribution in [0.15, 0.2) is 22.7 Å². The normalized spacial score (nSPS) is 10.5. The smallest absolute Gasteiger partial charge is 0.283 e. The molecular formula is C12H16BrN3O3. The van der Waals surface area contributed by atoms with Crippen molar-refractivity contribution in [3.8, 4) is 0 Å². The summed E-state index contributed by atoms with van der Waals surface area (Å²) in [5, 5.41) is 13.5. The lowest BCUT2D eigenvalue weighted by molar-refractivity contribution is -0.385. The van der Waals surface area contributed by atoms with Crippen molar-refractivity contribution in [2.24, 2.45) is 0 Å². The molecule has 0 spiro atoms. The molecule has 104 valence electrons. The van der Waals surface area contributed by atoms with E-state index >= 15 is 0 Å². The largest absolute Gasteiger partial charge is 0.355 e. The van der Waals surface area contributed by atoms with E-state index in [9.17, 15) is 14.9 Å². The maximum absolute atomic E-state index is 11.4. The summed E-state index contributed by atoms with van der Waals surface area (Å²) in [5.41, 5.74) is 0.825. The Morgan fingerprint density at radius 2 is 2.21 bits per heavy atom. The van der Waals surface area contributed by atoms with E-state index in [0.717, 1.165) is 5.56 Å². The highest BCUT2D eigenvalue weighted by molar-refractivity contribution is 9.10. The number of amides is 1. The molecule has 1 amide bonds. The van der Waals surface area contributed by atoms with Crippen molar-refractivity contribution in [2.75, 3.05) is 20.1 Å². The van der Waals surface area contributed by atoms with Crippen LogP contribution in [0.25, 0.3) is 0 Å². The Bertz CT molecular complexity index is 479. The third-order valence-electron chi connectivity index (χ3n) is 2.45. The monoisotopic (exact) mass is 329 g/mol. The van der Waals surface area contributed by atoms with Gasteiger partial charge in [-0.15, -0.1) is 0 Å². The molecule has 1 rings (SSSR count). The van der Waals surface area contributed by atoms with Crippen LogP contribution in [0, 0.1) is 10.1 Å². The summed E-state index contributed by atoms with van der Waals surface area (Å²) in [6.07, 6.45) is 0. The molecule has 0 radical (unpaired) electrons. The molecule has 0 aliphatic heterocycles. The Balaban J connectivity index is 2.69. The molecule has 1 aromatic rings. The highest BCUT2D eigenvalue weighted by atomic mass is 79.9. The summed E-state index contributed by atoms with van der Waals surface area (Å²) in [7, 11) is 1.79. The number of nitrogens with one attached hydrogen (secondary N) is 1. The molecule has 0 unspecified atom stereocenters. The fourth-order valence-electron chi connectivity index (χ4n) is 1.66. The van der Waals surface area contributed by atoms with E-state index in [0.29, 0.717) is 17.6 Å². The van der Waals surface area contributed by atoms with Gasteiger partial charge >= 0.3 is 0 Å². The molecule has 1 N–H and O–H groups in total. The van der Waals surface area contributed by atoms with Gasteiger partial charge in [-0.2, -0.15) is 0 Å². The van der Waals surface area contributed by atoms with E-state index in [2.05, 4.69) is 21.2 Å². The van der Waals surface area contributed by atoms with Crippen LogP contribution in [0.4, 0.5) is 5.69 Å². The van der Waals surface area contributed by atoms with E-state index in [1.54, 1.807) is 24.1 Å². The van der Waals surface area contributed by atoms with Crippen LogP contribution in [0.5, 0.6) is 0 Å². The second kappa shape index (κ2) is 7.20. The zero-order valence-electron chi connectivity index (χ0n) is 10.9. The molecule has 0 heterocycles. The first kappa shape index (κ1) is 15.6. The van der Waals surface area contributed by atoms with Crippen molar-refractivity contribution in [3.05, 3.63) is 38.3 Å². The van der Waals surface area contributed by atoms with Crippen LogP contribution < -0.4 is 5.32 Å². The minimum absolute atomic E-state index is 0.0314. The van der Waals surface area contributed by atoms with Crippen molar-refractivity contribution in [1.29, 1.82) is 0 Å². The second-order valence-electron chi connectivity index (χ2n) is 4.17. The molecule has 7 heteroatoms. The van der Waals surface area contributed by atoms with Gasteiger partial charge in [0.25, 0.3) is 5.69 Å². The third-order valence-corrected chi connectivity index (χ3v) is 3.12. The van der Waals surface area contributed by atoms with Gasteiger partial charge in [-0.05, 0) is 41.5 Å². The van der Waals surface area contributed by atoms with Gasteiger partial charge in [0.15, 0.2) is 0 Å². The number of hydrogen-bond donors (Lipinski definition) is 1. The SMILES string of the molecule is CCNC(=O)CN(C)Cc1ccc(Br)c([N+](=O)[O-])c1. The van der Waals surface area contributed by atoms with Gasteiger partial charge in [0, 0.05) is 19.2 Å². The third kappa shape index (κ3) is 4.96. The van der Waals surface area contributed by atoms with Crippen LogP contribution in [-0.2, 0) is 11.3 Å². The first-order valence-electron chi connectivity index (χ1n) is 5.82. The molecule has 0 aliphatic carbocycles. The average molecular weight is 330 g/mol. The highest BCUT2D eigenvalue weighted by Crippen LogP contribution is 2.25. The predicted molar refractivity (Wildman–Crippen MR) is 75.8 cm³/mol. The Morgan fingerprint density at radius 3 is 2.79 bits per heavy atom. The van der Waals surface area contributed by atoms with Gasteiger partial charge in [-0.25, -0.2) is 0 Å². The Morgan fingerprint density at radius 1 is 1.53 bits per heavy atom. The van der Waals surface area contributed by atoms with Crippen molar-refractivity contribution < 1.29 is 9.72 Å². The van der Waals surface area contributed by atoms with E-state index in [4.69, 9.17) is 0 Å². The predicted octanol–water partition coefficient (Wildman–Crippen LogP) is 1.93. The zero-order valence-corrected chi connectivity index (χ0v) is 12.4. The average Bonchev–Trinajstić information content (AvgIpc) is 2.31. The minimum Gasteiger partial charge on any atom is -0.355 e. The van der Waals surface area contributed by atoms with Gasteiger partial charge in [0.05, 0.1) is 15.9 Å². The van der Waals surface area contributed by atoms with Crippen LogP contribution >= 0.6 is 15.9 Å². The molecule has 19 heavy (non-hydrogen) atoms. The summed E-state index contributed by atoms with van der Waals surface area (Å²) in [6, 6.07) is 4.96. The van der Waals surface area contributed by atoms with Crippen molar-refractivity contribution >= 4 is 27.5 Å². The molecule has 1 aromatic carbocycles. The van der Waals surface area contributed by atoms with E-state index in [-0.39, 0.29) is 18.1 Å². The van der Waals surface area contributed by atoms with Crippen LogP contribution in [0.3, 0.4) is 0 Å². The summed E-state index contributed by atoms with van der Waals surface area (Å²) in [5.74, 6) is -0.0587. The van der Waals surface area contributed by atoms with Crippen LogP contribution in [0.2, 0.25) is 0 Å². The number of benzene rings is 1. The number of halogens is 1. The van der Waals surface area contributed by atoms with Crippen molar-refractivity contribution in [1.82, 2.24) is 10.2 Å². The van der Waals surface area contributed by atoms with Crippen LogP contribution in [0.1, 0.15) is 12.5 Å². The highest BCUT2D eigenvalue weighted by Gasteiger charge is 2.13. The fourth-order valence-corrected chi connectivity index (χ4v) is 2.05. The molecule has 0 fully saturated rings. The number of rotatable bonds is 6. The lowest BCUT2D eigenvalue weighted by Gasteiger charge is -2.16. The molecular weight excluding hydrogens is 314 g/mol. The lowest BCUT2D eigenvalue weighted by Crippen LogP contribution is -2.34. The first-order valence-corrected chi connectivity index (χ1v) is 6.61. The first-order chi connectivity index (χ1) is 8.93. The summed E-state index contributed by atoms with van der Waals surface area (Å²) in [6.45, 7) is 3.19. The topological polar surface area (TPSA) is 75.5 Å². The summed E-state index contributed by atoms with van der Waals surface area (Å²) < 4.78 is 0.452. The quantitative estimate of drug-likeness (QED) is 0.639. The van der Waals surface area contributed by atoms with E-state index in [1.165, 1.54) is 6.07 Å². The Kier molecular flexibility index (Phi) is 5.91. The molecule has 6 nitrogen and oxygen atoms in total. The maximum Gasteiger partial charge on any atom is 0.283 e. The van der Waals surface area contributed by atoms with E-state index < -0.39 is 4.92 Å². The Labute approximate surface area is 120 Å². The lowest BCUT2D eigenvalue weighted by atomic mass is 10.2. The number of nitro benzene ring substituents is 1. The summed E-state index contributed by atoms with van der Waals surface area (Å²) >= 11 is 3.14. The van der Waals surface area contributed by atoms with Gasteiger partial charge in [0.2, 0.25) is 5.91 Å².